The number of benzene rings is 1. The summed E-state index contributed by atoms with van der Waals surface area (Å²) in [6.07, 6.45) is 2.50. The second-order valence-electron chi connectivity index (χ2n) is 7.46. The van der Waals surface area contributed by atoms with Crippen molar-refractivity contribution < 1.29 is 0 Å². The summed E-state index contributed by atoms with van der Waals surface area (Å²) in [5.41, 5.74) is 1.14. The summed E-state index contributed by atoms with van der Waals surface area (Å²) < 4.78 is 2.32. The molecule has 0 aliphatic carbocycles. The normalized spacial score (nSPS) is 15.1. The van der Waals surface area contributed by atoms with Gasteiger partial charge in [-0.1, -0.05) is 30.3 Å². The van der Waals surface area contributed by atoms with E-state index in [9.17, 15) is 0 Å². The molecule has 2 aromatic rings. The number of rotatable bonds is 7. The minimum atomic E-state index is 0.534. The first kappa shape index (κ1) is 17.9. The van der Waals surface area contributed by atoms with Gasteiger partial charge in [-0.05, 0) is 40.5 Å². The fraction of sp³-hybridized carbons (Fsp3) is 0.600. The molecule has 0 radical (unpaired) electrons. The molecule has 136 valence electrons. The summed E-state index contributed by atoms with van der Waals surface area (Å²) >= 11 is 0. The van der Waals surface area contributed by atoms with Crippen LogP contribution in [0.1, 0.15) is 40.5 Å². The van der Waals surface area contributed by atoms with E-state index in [0.29, 0.717) is 12.1 Å². The lowest BCUT2D eigenvalue weighted by Gasteiger charge is -2.31. The van der Waals surface area contributed by atoms with Crippen LogP contribution in [0.4, 0.5) is 5.95 Å². The van der Waals surface area contributed by atoms with E-state index in [1.54, 1.807) is 0 Å². The molecule has 1 aliphatic heterocycles. The van der Waals surface area contributed by atoms with Crippen molar-refractivity contribution in [2.75, 3.05) is 24.5 Å². The average molecular weight is 342 g/mol. The van der Waals surface area contributed by atoms with Crippen LogP contribution in [0.2, 0.25) is 0 Å². The van der Waals surface area contributed by atoms with Crippen LogP contribution in [0, 0.1) is 0 Å². The molecule has 0 atom stereocenters. The molecule has 1 fully saturated rings. The van der Waals surface area contributed by atoms with E-state index in [1.807, 2.05) is 6.07 Å². The molecule has 1 aromatic heterocycles. The van der Waals surface area contributed by atoms with Crippen LogP contribution in [-0.4, -0.2) is 51.4 Å². The molecule has 1 aliphatic rings. The quantitative estimate of drug-likeness (QED) is 0.770. The molecule has 0 spiro atoms. The highest BCUT2D eigenvalue weighted by Crippen LogP contribution is 2.25. The van der Waals surface area contributed by atoms with Crippen LogP contribution in [0.15, 0.2) is 30.3 Å². The van der Waals surface area contributed by atoms with Crippen molar-refractivity contribution in [1.82, 2.24) is 19.7 Å². The van der Waals surface area contributed by atoms with Crippen LogP contribution in [0.25, 0.3) is 11.4 Å². The minimum absolute atomic E-state index is 0.534. The van der Waals surface area contributed by atoms with Crippen molar-refractivity contribution in [3.05, 3.63) is 30.3 Å². The molecule has 5 heteroatoms. The van der Waals surface area contributed by atoms with Crippen LogP contribution in [-0.2, 0) is 6.54 Å². The second-order valence-corrected chi connectivity index (χ2v) is 7.46. The standard InChI is InChI=1S/C20H31N5/c1-16(2)24(17(3)4)14-15-25-19(18-10-6-5-7-11-18)21-22-20(25)23-12-8-9-13-23/h5-7,10-11,16-17H,8-9,12-15H2,1-4H3. The van der Waals surface area contributed by atoms with Gasteiger partial charge in [-0.25, -0.2) is 0 Å². The number of hydrogen-bond donors (Lipinski definition) is 0. The van der Waals surface area contributed by atoms with Gasteiger partial charge in [0.15, 0.2) is 5.82 Å². The van der Waals surface area contributed by atoms with E-state index < -0.39 is 0 Å². The van der Waals surface area contributed by atoms with Gasteiger partial charge in [0.25, 0.3) is 0 Å². The van der Waals surface area contributed by atoms with Crippen molar-refractivity contribution in [3.8, 4) is 11.4 Å². The highest BCUT2D eigenvalue weighted by molar-refractivity contribution is 5.57. The first-order valence-corrected chi connectivity index (χ1v) is 9.57. The van der Waals surface area contributed by atoms with Gasteiger partial charge in [0, 0.05) is 43.8 Å². The molecule has 5 nitrogen and oxygen atoms in total. The third-order valence-electron chi connectivity index (χ3n) is 5.06. The first-order chi connectivity index (χ1) is 12.1. The summed E-state index contributed by atoms with van der Waals surface area (Å²) in [5, 5.41) is 9.11. The Morgan fingerprint density at radius 3 is 2.20 bits per heavy atom. The molecule has 25 heavy (non-hydrogen) atoms. The van der Waals surface area contributed by atoms with E-state index in [1.165, 1.54) is 12.8 Å². The SMILES string of the molecule is CC(C)N(CCn1c(-c2ccccc2)nnc1N1CCCC1)C(C)C. The molecule has 1 aromatic carbocycles. The Bertz CT molecular complexity index is 648. The van der Waals surface area contributed by atoms with Crippen LogP contribution >= 0.6 is 0 Å². The zero-order valence-corrected chi connectivity index (χ0v) is 16.0. The van der Waals surface area contributed by atoms with Crippen LogP contribution in [0.5, 0.6) is 0 Å². The van der Waals surface area contributed by atoms with Gasteiger partial charge in [0.2, 0.25) is 5.95 Å². The van der Waals surface area contributed by atoms with Gasteiger partial charge in [-0.2, -0.15) is 0 Å². The Hall–Kier alpha value is -1.88. The van der Waals surface area contributed by atoms with E-state index in [-0.39, 0.29) is 0 Å². The lowest BCUT2D eigenvalue weighted by molar-refractivity contribution is 0.168. The fourth-order valence-corrected chi connectivity index (χ4v) is 3.78. The van der Waals surface area contributed by atoms with Gasteiger partial charge in [0.05, 0.1) is 0 Å². The van der Waals surface area contributed by atoms with Crippen LogP contribution < -0.4 is 4.90 Å². The fourth-order valence-electron chi connectivity index (χ4n) is 3.78. The molecule has 1 saturated heterocycles. The number of hydrogen-bond acceptors (Lipinski definition) is 4. The Kier molecular flexibility index (Phi) is 5.74. The van der Waals surface area contributed by atoms with Crippen molar-refractivity contribution in [2.45, 2.75) is 59.2 Å². The molecule has 0 saturated carbocycles. The maximum atomic E-state index is 4.56. The monoisotopic (exact) mass is 341 g/mol. The smallest absolute Gasteiger partial charge is 0.227 e. The molecular formula is C20H31N5. The van der Waals surface area contributed by atoms with Crippen molar-refractivity contribution in [3.63, 3.8) is 0 Å². The third kappa shape index (κ3) is 4.03. The lowest BCUT2D eigenvalue weighted by atomic mass is 10.2. The minimum Gasteiger partial charge on any atom is -0.341 e. The van der Waals surface area contributed by atoms with Gasteiger partial charge in [-0.3, -0.25) is 9.47 Å². The maximum Gasteiger partial charge on any atom is 0.227 e. The molecular weight excluding hydrogens is 310 g/mol. The molecule has 2 heterocycles. The molecule has 0 unspecified atom stereocenters. The summed E-state index contributed by atoms with van der Waals surface area (Å²) in [7, 11) is 0. The summed E-state index contributed by atoms with van der Waals surface area (Å²) in [6.45, 7) is 13.2. The Morgan fingerprint density at radius 1 is 0.960 bits per heavy atom. The predicted molar refractivity (Wildman–Crippen MR) is 104 cm³/mol. The summed E-state index contributed by atoms with van der Waals surface area (Å²) in [5.74, 6) is 2.01. The highest BCUT2D eigenvalue weighted by atomic mass is 15.4. The van der Waals surface area contributed by atoms with E-state index in [0.717, 1.165) is 43.5 Å². The average Bonchev–Trinajstić information content (AvgIpc) is 3.24. The van der Waals surface area contributed by atoms with Crippen molar-refractivity contribution in [1.29, 1.82) is 0 Å². The lowest BCUT2D eigenvalue weighted by Crippen LogP contribution is -2.39. The zero-order valence-electron chi connectivity index (χ0n) is 16.0. The molecule has 0 amide bonds. The largest absolute Gasteiger partial charge is 0.341 e. The first-order valence-electron chi connectivity index (χ1n) is 9.57. The topological polar surface area (TPSA) is 37.2 Å². The molecule has 0 bridgehead atoms. The van der Waals surface area contributed by atoms with Gasteiger partial charge < -0.3 is 4.90 Å². The Balaban J connectivity index is 1.89. The van der Waals surface area contributed by atoms with E-state index >= 15 is 0 Å². The number of anilines is 1. The zero-order chi connectivity index (χ0) is 17.8. The Labute approximate surface area is 151 Å². The number of aromatic nitrogens is 3. The van der Waals surface area contributed by atoms with Crippen molar-refractivity contribution in [2.24, 2.45) is 0 Å². The van der Waals surface area contributed by atoms with E-state index in [4.69, 9.17) is 0 Å². The van der Waals surface area contributed by atoms with Gasteiger partial charge in [0.1, 0.15) is 0 Å². The third-order valence-corrected chi connectivity index (χ3v) is 5.06. The summed E-state index contributed by atoms with van der Waals surface area (Å²) in [6, 6.07) is 11.5. The van der Waals surface area contributed by atoms with Gasteiger partial charge >= 0.3 is 0 Å². The summed E-state index contributed by atoms with van der Waals surface area (Å²) in [4.78, 5) is 4.91. The maximum absolute atomic E-state index is 4.56. The molecule has 3 rings (SSSR count). The second kappa shape index (κ2) is 8.00. The van der Waals surface area contributed by atoms with Gasteiger partial charge in [-0.15, -0.1) is 10.2 Å². The van der Waals surface area contributed by atoms with E-state index in [2.05, 4.69) is 76.5 Å². The van der Waals surface area contributed by atoms with Crippen LogP contribution in [0.3, 0.4) is 0 Å². The number of nitrogens with zero attached hydrogens (tertiary/aromatic N) is 5. The highest BCUT2D eigenvalue weighted by Gasteiger charge is 2.23. The predicted octanol–water partition coefficient (Wildman–Crippen LogP) is 3.66. The Morgan fingerprint density at radius 2 is 1.60 bits per heavy atom. The molecule has 0 N–H and O–H groups in total. The van der Waals surface area contributed by atoms with Crippen molar-refractivity contribution >= 4 is 5.95 Å².